The largest absolute Gasteiger partial charge is 0.368 e. The van der Waals surface area contributed by atoms with E-state index in [-0.39, 0.29) is 11.9 Å². The normalized spacial score (nSPS) is 18.7. The molecule has 1 aromatic rings. The number of benzene rings is 1. The molecule has 2 rings (SSSR count). The van der Waals surface area contributed by atoms with E-state index < -0.39 is 0 Å². The van der Waals surface area contributed by atoms with Crippen molar-refractivity contribution in [2.75, 3.05) is 17.7 Å². The Morgan fingerprint density at radius 2 is 2.39 bits per heavy atom. The molecule has 1 unspecified atom stereocenters. The molecule has 5 heteroatoms. The zero-order valence-electron chi connectivity index (χ0n) is 10.2. The van der Waals surface area contributed by atoms with Crippen molar-refractivity contribution in [2.24, 2.45) is 5.73 Å². The lowest BCUT2D eigenvalue weighted by atomic mass is 10.1. The Morgan fingerprint density at radius 3 is 3.00 bits per heavy atom. The second-order valence-corrected chi connectivity index (χ2v) is 5.07. The molecule has 0 saturated carbocycles. The molecule has 0 aliphatic carbocycles. The maximum absolute atomic E-state index is 11.4. The van der Waals surface area contributed by atoms with Gasteiger partial charge >= 0.3 is 0 Å². The second kappa shape index (κ2) is 5.32. The lowest BCUT2D eigenvalue weighted by Crippen LogP contribution is -2.40. The molecule has 1 aliphatic heterocycles. The highest BCUT2D eigenvalue weighted by Gasteiger charge is 2.30. The SMILES string of the molecule is CSc1cccc(N2CCCC2C(N)=O)c1C#N. The van der Waals surface area contributed by atoms with Crippen molar-refractivity contribution in [3.8, 4) is 6.07 Å². The van der Waals surface area contributed by atoms with Crippen molar-refractivity contribution in [2.45, 2.75) is 23.8 Å². The highest BCUT2D eigenvalue weighted by Crippen LogP contribution is 2.33. The Bertz CT molecular complexity index is 509. The van der Waals surface area contributed by atoms with Gasteiger partial charge in [-0.05, 0) is 31.2 Å². The molecule has 1 atom stereocenters. The number of amides is 1. The molecule has 1 saturated heterocycles. The molecule has 1 aromatic carbocycles. The number of anilines is 1. The van der Waals surface area contributed by atoms with Gasteiger partial charge in [0.1, 0.15) is 12.1 Å². The first-order valence-corrected chi connectivity index (χ1v) is 7.04. The van der Waals surface area contributed by atoms with Gasteiger partial charge in [-0.2, -0.15) is 5.26 Å². The number of nitrogens with two attached hydrogens (primary N) is 1. The van der Waals surface area contributed by atoms with Crippen LogP contribution in [-0.2, 0) is 4.79 Å². The maximum atomic E-state index is 11.4. The molecule has 1 fully saturated rings. The highest BCUT2D eigenvalue weighted by atomic mass is 32.2. The molecule has 1 heterocycles. The van der Waals surface area contributed by atoms with Gasteiger partial charge < -0.3 is 10.6 Å². The fourth-order valence-electron chi connectivity index (χ4n) is 2.39. The van der Waals surface area contributed by atoms with Gasteiger partial charge in [0.2, 0.25) is 5.91 Å². The monoisotopic (exact) mass is 261 g/mol. The van der Waals surface area contributed by atoms with E-state index in [9.17, 15) is 10.1 Å². The van der Waals surface area contributed by atoms with Gasteiger partial charge in [-0.3, -0.25) is 4.79 Å². The molecule has 4 nitrogen and oxygen atoms in total. The van der Waals surface area contributed by atoms with E-state index in [0.717, 1.165) is 30.0 Å². The van der Waals surface area contributed by atoms with Crippen molar-refractivity contribution in [3.05, 3.63) is 23.8 Å². The minimum absolute atomic E-state index is 0.283. The summed E-state index contributed by atoms with van der Waals surface area (Å²) >= 11 is 1.54. The molecule has 2 N–H and O–H groups in total. The number of carbonyl (C=O) groups is 1. The summed E-state index contributed by atoms with van der Waals surface area (Å²) in [6.07, 6.45) is 3.64. The lowest BCUT2D eigenvalue weighted by Gasteiger charge is -2.25. The van der Waals surface area contributed by atoms with Crippen LogP contribution in [0.5, 0.6) is 0 Å². The number of hydrogen-bond donors (Lipinski definition) is 1. The van der Waals surface area contributed by atoms with Crippen molar-refractivity contribution >= 4 is 23.4 Å². The van der Waals surface area contributed by atoms with Crippen LogP contribution in [0.3, 0.4) is 0 Å². The van der Waals surface area contributed by atoms with Crippen molar-refractivity contribution < 1.29 is 4.79 Å². The first-order valence-electron chi connectivity index (χ1n) is 5.82. The van der Waals surface area contributed by atoms with E-state index in [4.69, 9.17) is 5.73 Å². The minimum atomic E-state index is -0.314. The second-order valence-electron chi connectivity index (χ2n) is 4.22. The lowest BCUT2D eigenvalue weighted by molar-refractivity contribution is -0.119. The predicted molar refractivity (Wildman–Crippen MR) is 72.5 cm³/mol. The van der Waals surface area contributed by atoms with Crippen molar-refractivity contribution in [3.63, 3.8) is 0 Å². The molecule has 0 spiro atoms. The summed E-state index contributed by atoms with van der Waals surface area (Å²) in [6, 6.07) is 7.68. The highest BCUT2D eigenvalue weighted by molar-refractivity contribution is 7.98. The summed E-state index contributed by atoms with van der Waals surface area (Å²) in [5.41, 5.74) is 6.88. The summed E-state index contributed by atoms with van der Waals surface area (Å²) in [4.78, 5) is 14.3. The van der Waals surface area contributed by atoms with E-state index in [1.165, 1.54) is 11.8 Å². The van der Waals surface area contributed by atoms with Gasteiger partial charge in [0.25, 0.3) is 0 Å². The van der Waals surface area contributed by atoms with Crippen LogP contribution in [-0.4, -0.2) is 24.7 Å². The smallest absolute Gasteiger partial charge is 0.240 e. The molecule has 1 amide bonds. The molecule has 18 heavy (non-hydrogen) atoms. The minimum Gasteiger partial charge on any atom is -0.368 e. The van der Waals surface area contributed by atoms with E-state index in [0.29, 0.717) is 5.56 Å². The van der Waals surface area contributed by atoms with E-state index in [1.807, 2.05) is 29.4 Å². The molecule has 1 aliphatic rings. The molecular formula is C13H15N3OS. The third-order valence-electron chi connectivity index (χ3n) is 3.23. The Hall–Kier alpha value is -1.67. The summed E-state index contributed by atoms with van der Waals surface area (Å²) in [6.45, 7) is 0.778. The van der Waals surface area contributed by atoms with Gasteiger partial charge in [-0.25, -0.2) is 0 Å². The fraction of sp³-hybridized carbons (Fsp3) is 0.385. The molecule has 0 radical (unpaired) electrons. The van der Waals surface area contributed by atoms with Crippen LogP contribution in [0.25, 0.3) is 0 Å². The number of primary amides is 1. The van der Waals surface area contributed by atoms with Gasteiger partial charge in [0.15, 0.2) is 0 Å². The fourth-order valence-corrected chi connectivity index (χ4v) is 2.96. The number of nitrogens with zero attached hydrogens (tertiary/aromatic N) is 2. The Kier molecular flexibility index (Phi) is 3.78. The van der Waals surface area contributed by atoms with Crippen molar-refractivity contribution in [1.29, 1.82) is 5.26 Å². The third kappa shape index (κ3) is 2.16. The Morgan fingerprint density at radius 1 is 1.61 bits per heavy atom. The summed E-state index contributed by atoms with van der Waals surface area (Å²) in [5.74, 6) is -0.314. The zero-order valence-corrected chi connectivity index (χ0v) is 11.0. The Labute approximate surface area is 111 Å². The zero-order chi connectivity index (χ0) is 13.1. The number of rotatable bonds is 3. The van der Waals surface area contributed by atoms with Crippen LogP contribution in [0.15, 0.2) is 23.1 Å². The average molecular weight is 261 g/mol. The summed E-state index contributed by atoms with van der Waals surface area (Å²) in [5, 5.41) is 9.31. The molecule has 0 bridgehead atoms. The molecule has 94 valence electrons. The molecule has 0 aromatic heterocycles. The Balaban J connectivity index is 2.45. The first-order chi connectivity index (χ1) is 8.69. The van der Waals surface area contributed by atoms with Gasteiger partial charge in [-0.15, -0.1) is 11.8 Å². The number of thioether (sulfide) groups is 1. The first kappa shape index (κ1) is 12.8. The number of nitriles is 1. The molecular weight excluding hydrogens is 246 g/mol. The average Bonchev–Trinajstić information content (AvgIpc) is 2.86. The van der Waals surface area contributed by atoms with Crippen LogP contribution in [0.4, 0.5) is 5.69 Å². The number of hydrogen-bond acceptors (Lipinski definition) is 4. The standard InChI is InChI=1S/C13H15N3OS/c1-18-12-6-2-4-10(9(12)8-14)16-7-3-5-11(16)13(15)17/h2,4,6,11H,3,5,7H2,1H3,(H2,15,17). The van der Waals surface area contributed by atoms with Crippen LogP contribution < -0.4 is 10.6 Å². The van der Waals surface area contributed by atoms with Gasteiger partial charge in [0.05, 0.1) is 11.3 Å². The van der Waals surface area contributed by atoms with Gasteiger partial charge in [-0.1, -0.05) is 6.07 Å². The van der Waals surface area contributed by atoms with E-state index >= 15 is 0 Å². The quantitative estimate of drug-likeness (QED) is 0.841. The van der Waals surface area contributed by atoms with Crippen LogP contribution in [0.2, 0.25) is 0 Å². The summed E-state index contributed by atoms with van der Waals surface area (Å²) < 4.78 is 0. The van der Waals surface area contributed by atoms with Crippen LogP contribution in [0.1, 0.15) is 18.4 Å². The van der Waals surface area contributed by atoms with E-state index in [1.54, 1.807) is 0 Å². The number of carbonyl (C=O) groups excluding carboxylic acids is 1. The van der Waals surface area contributed by atoms with Crippen molar-refractivity contribution in [1.82, 2.24) is 0 Å². The maximum Gasteiger partial charge on any atom is 0.240 e. The van der Waals surface area contributed by atoms with Crippen LogP contribution in [0, 0.1) is 11.3 Å². The van der Waals surface area contributed by atoms with E-state index in [2.05, 4.69) is 6.07 Å². The van der Waals surface area contributed by atoms with Gasteiger partial charge in [0, 0.05) is 11.4 Å². The third-order valence-corrected chi connectivity index (χ3v) is 4.01. The topological polar surface area (TPSA) is 70.1 Å². The predicted octanol–water partition coefficient (Wildman–Crippen LogP) is 1.73. The van der Waals surface area contributed by atoms with Crippen LogP contribution >= 0.6 is 11.8 Å². The summed E-state index contributed by atoms with van der Waals surface area (Å²) in [7, 11) is 0.